The lowest BCUT2D eigenvalue weighted by Crippen LogP contribution is -2.29. The van der Waals surface area contributed by atoms with Crippen molar-refractivity contribution in [2.45, 2.75) is 0 Å². The first-order chi connectivity index (χ1) is 9.52. The number of pyridine rings is 1. The van der Waals surface area contributed by atoms with Gasteiger partial charge in [0.05, 0.1) is 11.3 Å². The van der Waals surface area contributed by atoms with E-state index in [-0.39, 0.29) is 17.2 Å². The van der Waals surface area contributed by atoms with Crippen LogP contribution in [0.25, 0.3) is 0 Å². The van der Waals surface area contributed by atoms with Gasteiger partial charge in [-0.25, -0.2) is 9.78 Å². The minimum atomic E-state index is -1.08. The van der Waals surface area contributed by atoms with Crippen LogP contribution in [0.15, 0.2) is 47.1 Å². The maximum absolute atomic E-state index is 12.4. The monoisotopic (exact) mass is 334 g/mol. The topological polar surface area (TPSA) is 70.5 Å². The van der Waals surface area contributed by atoms with Crippen molar-refractivity contribution in [1.29, 1.82) is 0 Å². The standard InChI is InChI=1S/C14H11BrN2O3/c1-17(11-7-3-2-5-9(11)14(19)20)13(18)12-10(15)6-4-8-16-12/h2-8H,1H3,(H,19,20). The normalized spacial score (nSPS) is 10.1. The van der Waals surface area contributed by atoms with Gasteiger partial charge in [0, 0.05) is 17.7 Å². The van der Waals surface area contributed by atoms with E-state index in [1.54, 1.807) is 30.3 Å². The van der Waals surface area contributed by atoms with Gasteiger partial charge in [-0.1, -0.05) is 12.1 Å². The predicted molar refractivity (Wildman–Crippen MR) is 78.1 cm³/mol. The number of aromatic nitrogens is 1. The lowest BCUT2D eigenvalue weighted by atomic mass is 10.1. The number of carboxylic acids is 1. The number of carboxylic acid groups (broad SMARTS) is 1. The van der Waals surface area contributed by atoms with E-state index in [9.17, 15) is 9.59 Å². The van der Waals surface area contributed by atoms with Gasteiger partial charge in [-0.3, -0.25) is 4.79 Å². The second-order valence-corrected chi connectivity index (χ2v) is 4.87. The maximum atomic E-state index is 12.4. The highest BCUT2D eigenvalue weighted by atomic mass is 79.9. The predicted octanol–water partition coefficient (Wildman–Crippen LogP) is 2.82. The first-order valence-corrected chi connectivity index (χ1v) is 6.52. The number of anilines is 1. The van der Waals surface area contributed by atoms with Crippen molar-refractivity contribution in [1.82, 2.24) is 4.98 Å². The molecule has 0 unspecified atom stereocenters. The Kier molecular flexibility index (Phi) is 4.14. The number of hydrogen-bond donors (Lipinski definition) is 1. The fraction of sp³-hybridized carbons (Fsp3) is 0.0714. The molecule has 2 rings (SSSR count). The Labute approximate surface area is 124 Å². The SMILES string of the molecule is CN(C(=O)c1ncccc1Br)c1ccccc1C(=O)O. The van der Waals surface area contributed by atoms with Crippen molar-refractivity contribution in [3.8, 4) is 0 Å². The van der Waals surface area contributed by atoms with Crippen LogP contribution >= 0.6 is 15.9 Å². The number of benzene rings is 1. The van der Waals surface area contributed by atoms with Crippen molar-refractivity contribution >= 4 is 33.5 Å². The molecule has 1 aromatic carbocycles. The summed E-state index contributed by atoms with van der Waals surface area (Å²) in [4.78, 5) is 28.9. The Bertz CT molecular complexity index is 673. The molecule has 1 heterocycles. The fourth-order valence-corrected chi connectivity index (χ4v) is 2.18. The average Bonchev–Trinajstić information content (AvgIpc) is 2.46. The molecule has 0 saturated heterocycles. The first kappa shape index (κ1) is 14.2. The summed E-state index contributed by atoms with van der Waals surface area (Å²) >= 11 is 3.26. The van der Waals surface area contributed by atoms with Gasteiger partial charge < -0.3 is 10.0 Å². The molecule has 0 bridgehead atoms. The highest BCUT2D eigenvalue weighted by Gasteiger charge is 2.21. The maximum Gasteiger partial charge on any atom is 0.337 e. The number of para-hydroxylation sites is 1. The minimum absolute atomic E-state index is 0.0652. The molecule has 20 heavy (non-hydrogen) atoms. The largest absolute Gasteiger partial charge is 0.478 e. The summed E-state index contributed by atoms with van der Waals surface area (Å²) in [7, 11) is 1.52. The average molecular weight is 335 g/mol. The molecule has 0 aliphatic carbocycles. The van der Waals surface area contributed by atoms with Crippen molar-refractivity contribution < 1.29 is 14.7 Å². The Morgan fingerprint density at radius 1 is 1.20 bits per heavy atom. The number of carbonyl (C=O) groups excluding carboxylic acids is 1. The molecule has 0 fully saturated rings. The summed E-state index contributed by atoms with van der Waals surface area (Å²) < 4.78 is 0.560. The molecule has 5 nitrogen and oxygen atoms in total. The minimum Gasteiger partial charge on any atom is -0.478 e. The summed E-state index contributed by atoms with van der Waals surface area (Å²) in [5, 5.41) is 9.16. The lowest BCUT2D eigenvalue weighted by Gasteiger charge is -2.19. The number of halogens is 1. The summed E-state index contributed by atoms with van der Waals surface area (Å²) in [6.07, 6.45) is 1.51. The van der Waals surface area contributed by atoms with E-state index < -0.39 is 5.97 Å². The third-order valence-corrected chi connectivity index (χ3v) is 3.40. The molecule has 0 radical (unpaired) electrons. The quantitative estimate of drug-likeness (QED) is 0.936. The Balaban J connectivity index is 2.42. The second-order valence-electron chi connectivity index (χ2n) is 4.02. The third kappa shape index (κ3) is 2.70. The van der Waals surface area contributed by atoms with Crippen LogP contribution in [-0.4, -0.2) is 29.0 Å². The molecular formula is C14H11BrN2O3. The molecule has 0 saturated carbocycles. The van der Waals surface area contributed by atoms with Crippen molar-refractivity contribution in [2.75, 3.05) is 11.9 Å². The number of amides is 1. The van der Waals surface area contributed by atoms with Crippen LogP contribution < -0.4 is 4.90 Å². The zero-order valence-corrected chi connectivity index (χ0v) is 12.2. The highest BCUT2D eigenvalue weighted by molar-refractivity contribution is 9.10. The first-order valence-electron chi connectivity index (χ1n) is 5.73. The van der Waals surface area contributed by atoms with Crippen LogP contribution in [0.4, 0.5) is 5.69 Å². The number of nitrogens with zero attached hydrogens (tertiary/aromatic N) is 2. The Morgan fingerprint density at radius 3 is 2.55 bits per heavy atom. The van der Waals surface area contributed by atoms with E-state index in [0.717, 1.165) is 0 Å². The van der Waals surface area contributed by atoms with E-state index in [2.05, 4.69) is 20.9 Å². The number of carbonyl (C=O) groups is 2. The van der Waals surface area contributed by atoms with Crippen LogP contribution in [0.3, 0.4) is 0 Å². The van der Waals surface area contributed by atoms with Crippen LogP contribution in [0.2, 0.25) is 0 Å². The van der Waals surface area contributed by atoms with Crippen LogP contribution in [-0.2, 0) is 0 Å². The Hall–Kier alpha value is -2.21. The molecule has 0 atom stereocenters. The van der Waals surface area contributed by atoms with Crippen LogP contribution in [0.1, 0.15) is 20.8 Å². The van der Waals surface area contributed by atoms with E-state index in [0.29, 0.717) is 10.2 Å². The van der Waals surface area contributed by atoms with E-state index in [4.69, 9.17) is 5.11 Å². The van der Waals surface area contributed by atoms with Gasteiger partial charge in [0.2, 0.25) is 0 Å². The van der Waals surface area contributed by atoms with Gasteiger partial charge in [-0.15, -0.1) is 0 Å². The lowest BCUT2D eigenvalue weighted by molar-refractivity contribution is 0.0697. The fourth-order valence-electron chi connectivity index (χ4n) is 1.76. The van der Waals surface area contributed by atoms with E-state index in [1.807, 2.05) is 0 Å². The molecule has 6 heteroatoms. The van der Waals surface area contributed by atoms with E-state index in [1.165, 1.54) is 24.2 Å². The van der Waals surface area contributed by atoms with Gasteiger partial charge in [0.1, 0.15) is 5.69 Å². The van der Waals surface area contributed by atoms with Crippen molar-refractivity contribution in [3.05, 3.63) is 58.3 Å². The summed E-state index contributed by atoms with van der Waals surface area (Å²) in [5.74, 6) is -1.47. The van der Waals surface area contributed by atoms with Crippen molar-refractivity contribution in [2.24, 2.45) is 0 Å². The molecular weight excluding hydrogens is 324 g/mol. The third-order valence-electron chi connectivity index (χ3n) is 2.76. The molecule has 1 N–H and O–H groups in total. The molecule has 102 valence electrons. The smallest absolute Gasteiger partial charge is 0.337 e. The second kappa shape index (κ2) is 5.83. The molecule has 0 spiro atoms. The molecule has 1 amide bonds. The Morgan fingerprint density at radius 2 is 1.90 bits per heavy atom. The summed E-state index contributed by atoms with van der Waals surface area (Å²) in [6.45, 7) is 0. The van der Waals surface area contributed by atoms with Gasteiger partial charge in [0.25, 0.3) is 5.91 Å². The van der Waals surface area contributed by atoms with Gasteiger partial charge >= 0.3 is 5.97 Å². The summed E-state index contributed by atoms with van der Waals surface area (Å²) in [5.41, 5.74) is 0.619. The molecule has 1 aromatic heterocycles. The molecule has 0 aliphatic rings. The number of rotatable bonds is 3. The number of hydrogen-bond acceptors (Lipinski definition) is 3. The zero-order valence-electron chi connectivity index (χ0n) is 10.6. The molecule has 2 aromatic rings. The van der Waals surface area contributed by atoms with E-state index >= 15 is 0 Å². The van der Waals surface area contributed by atoms with Gasteiger partial charge in [0.15, 0.2) is 0 Å². The van der Waals surface area contributed by atoms with Crippen LogP contribution in [0.5, 0.6) is 0 Å². The van der Waals surface area contributed by atoms with Gasteiger partial charge in [-0.2, -0.15) is 0 Å². The summed E-state index contributed by atoms with van der Waals surface area (Å²) in [6, 6.07) is 9.73. The van der Waals surface area contributed by atoms with Crippen molar-refractivity contribution in [3.63, 3.8) is 0 Å². The van der Waals surface area contributed by atoms with Gasteiger partial charge in [-0.05, 0) is 40.2 Å². The van der Waals surface area contributed by atoms with Crippen LogP contribution in [0, 0.1) is 0 Å². The highest BCUT2D eigenvalue weighted by Crippen LogP contribution is 2.23. The number of aromatic carboxylic acids is 1. The molecule has 0 aliphatic heterocycles. The zero-order chi connectivity index (χ0) is 14.7.